The molecule has 6 heteroatoms. The topological polar surface area (TPSA) is 80.0 Å². The van der Waals surface area contributed by atoms with Crippen LogP contribution in [0.15, 0.2) is 71.3 Å². The van der Waals surface area contributed by atoms with E-state index in [2.05, 4.69) is 17.6 Å². The molecule has 0 saturated heterocycles. The first-order chi connectivity index (χ1) is 13.7. The summed E-state index contributed by atoms with van der Waals surface area (Å²) in [6.07, 6.45) is 1.48. The summed E-state index contributed by atoms with van der Waals surface area (Å²) in [6, 6.07) is 19.3. The van der Waals surface area contributed by atoms with Gasteiger partial charge in [0.15, 0.2) is 11.6 Å². The zero-order chi connectivity index (χ0) is 19.3. The Morgan fingerprint density at radius 3 is 2.57 bits per heavy atom. The predicted molar refractivity (Wildman–Crippen MR) is 109 cm³/mol. The van der Waals surface area contributed by atoms with Crippen molar-refractivity contribution >= 4 is 22.6 Å². The second kappa shape index (κ2) is 7.92. The largest absolute Gasteiger partial charge is 0.459 e. The molecule has 0 saturated carbocycles. The van der Waals surface area contributed by atoms with Gasteiger partial charge in [-0.25, -0.2) is 9.97 Å². The Morgan fingerprint density at radius 1 is 0.964 bits per heavy atom. The Balaban J connectivity index is 1.52. The van der Waals surface area contributed by atoms with Gasteiger partial charge in [0.2, 0.25) is 0 Å². The normalized spacial score (nSPS) is 10.8. The number of amides is 1. The van der Waals surface area contributed by atoms with Gasteiger partial charge in [0, 0.05) is 24.0 Å². The van der Waals surface area contributed by atoms with Crippen LogP contribution in [0.5, 0.6) is 0 Å². The van der Waals surface area contributed by atoms with E-state index in [1.165, 1.54) is 11.8 Å². The number of fused-ring (bicyclic) bond motifs is 1. The number of nitrogens with one attached hydrogen (secondary N) is 2. The Kier molecular flexibility index (Phi) is 5.01. The van der Waals surface area contributed by atoms with Crippen LogP contribution in [0, 0.1) is 6.92 Å². The Labute approximate surface area is 162 Å². The highest BCUT2D eigenvalue weighted by Crippen LogP contribution is 2.24. The Hall–Kier alpha value is -3.67. The molecule has 140 valence electrons. The molecule has 0 atom stereocenters. The van der Waals surface area contributed by atoms with Crippen molar-refractivity contribution in [3.05, 3.63) is 78.3 Å². The molecule has 2 heterocycles. The summed E-state index contributed by atoms with van der Waals surface area (Å²) in [5, 5.41) is 7.07. The van der Waals surface area contributed by atoms with Crippen LogP contribution in [0.4, 0.5) is 5.82 Å². The van der Waals surface area contributed by atoms with Gasteiger partial charge in [-0.3, -0.25) is 4.79 Å². The lowest BCUT2D eigenvalue weighted by molar-refractivity contribution is 0.0927. The zero-order valence-corrected chi connectivity index (χ0v) is 15.5. The summed E-state index contributed by atoms with van der Waals surface area (Å²) in [5.74, 6) is 1.48. The van der Waals surface area contributed by atoms with E-state index in [1.54, 1.807) is 12.1 Å². The van der Waals surface area contributed by atoms with Crippen LogP contribution in [0.3, 0.4) is 0 Å². The number of nitrogens with zero attached hydrogens (tertiary/aromatic N) is 2. The smallest absolute Gasteiger partial charge is 0.287 e. The molecule has 0 fully saturated rings. The second-order valence-electron chi connectivity index (χ2n) is 6.44. The monoisotopic (exact) mass is 372 g/mol. The van der Waals surface area contributed by atoms with E-state index in [9.17, 15) is 4.79 Å². The molecule has 28 heavy (non-hydrogen) atoms. The first-order valence-electron chi connectivity index (χ1n) is 9.10. The number of rotatable bonds is 6. The highest BCUT2D eigenvalue weighted by atomic mass is 16.3. The summed E-state index contributed by atoms with van der Waals surface area (Å²) < 4.78 is 5.09. The molecule has 0 aliphatic heterocycles. The van der Waals surface area contributed by atoms with Crippen molar-refractivity contribution in [2.75, 3.05) is 18.4 Å². The highest BCUT2D eigenvalue weighted by Gasteiger charge is 2.10. The summed E-state index contributed by atoms with van der Waals surface area (Å²) >= 11 is 0. The third-order valence-electron chi connectivity index (χ3n) is 4.36. The number of carbonyl (C=O) groups excluding carboxylic acids is 1. The van der Waals surface area contributed by atoms with Crippen LogP contribution in [0.1, 0.15) is 16.1 Å². The van der Waals surface area contributed by atoms with E-state index in [4.69, 9.17) is 14.4 Å². The molecule has 1 amide bonds. The van der Waals surface area contributed by atoms with E-state index in [0.717, 1.165) is 22.3 Å². The third-order valence-corrected chi connectivity index (χ3v) is 4.36. The van der Waals surface area contributed by atoms with Crippen molar-refractivity contribution in [2.24, 2.45) is 0 Å². The van der Waals surface area contributed by atoms with Crippen LogP contribution in [-0.4, -0.2) is 29.0 Å². The summed E-state index contributed by atoms with van der Waals surface area (Å²) in [4.78, 5) is 21.3. The minimum atomic E-state index is -0.236. The molecular weight excluding hydrogens is 352 g/mol. The first kappa shape index (κ1) is 17.7. The molecule has 0 bridgehead atoms. The third kappa shape index (κ3) is 3.86. The highest BCUT2D eigenvalue weighted by molar-refractivity contribution is 5.92. The Bertz CT molecular complexity index is 1090. The number of benzene rings is 2. The van der Waals surface area contributed by atoms with Gasteiger partial charge in [-0.15, -0.1) is 0 Å². The van der Waals surface area contributed by atoms with Crippen LogP contribution in [0.25, 0.3) is 22.3 Å². The van der Waals surface area contributed by atoms with E-state index >= 15 is 0 Å². The predicted octanol–water partition coefficient (Wildman–Crippen LogP) is 4.04. The van der Waals surface area contributed by atoms with Gasteiger partial charge in [-0.05, 0) is 31.2 Å². The molecule has 2 N–H and O–H groups in total. The van der Waals surface area contributed by atoms with Crippen LogP contribution >= 0.6 is 0 Å². The van der Waals surface area contributed by atoms with Gasteiger partial charge in [0.05, 0.1) is 11.8 Å². The maximum Gasteiger partial charge on any atom is 0.287 e. The van der Waals surface area contributed by atoms with Crippen LogP contribution in [-0.2, 0) is 0 Å². The first-order valence-corrected chi connectivity index (χ1v) is 9.10. The Morgan fingerprint density at radius 2 is 1.79 bits per heavy atom. The molecule has 4 aromatic rings. The fourth-order valence-electron chi connectivity index (χ4n) is 2.89. The number of aryl methyl sites for hydroxylation is 1. The quantitative estimate of drug-likeness (QED) is 0.499. The van der Waals surface area contributed by atoms with Crippen molar-refractivity contribution in [3.8, 4) is 11.4 Å². The average Bonchev–Trinajstić information content (AvgIpc) is 3.26. The SMILES string of the molecule is Cc1ccc(-c2nc(NCCNC(=O)c3ccco3)c3ccccc3n2)cc1. The fraction of sp³-hybridized carbons (Fsp3) is 0.136. The van der Waals surface area contributed by atoms with Crippen molar-refractivity contribution in [1.29, 1.82) is 0 Å². The van der Waals surface area contributed by atoms with Crippen molar-refractivity contribution in [1.82, 2.24) is 15.3 Å². The molecular formula is C22H20N4O2. The van der Waals surface area contributed by atoms with Crippen molar-refractivity contribution in [3.63, 3.8) is 0 Å². The van der Waals surface area contributed by atoms with Gasteiger partial charge < -0.3 is 15.1 Å². The lowest BCUT2D eigenvalue weighted by Gasteiger charge is -2.11. The van der Waals surface area contributed by atoms with Crippen LogP contribution < -0.4 is 10.6 Å². The molecule has 0 aliphatic rings. The number of carbonyl (C=O) groups is 1. The fourth-order valence-corrected chi connectivity index (χ4v) is 2.89. The lowest BCUT2D eigenvalue weighted by atomic mass is 10.1. The average molecular weight is 372 g/mol. The molecule has 0 radical (unpaired) electrons. The van der Waals surface area contributed by atoms with E-state index in [-0.39, 0.29) is 5.91 Å². The van der Waals surface area contributed by atoms with Gasteiger partial charge in [0.25, 0.3) is 5.91 Å². The summed E-state index contributed by atoms with van der Waals surface area (Å²) in [7, 11) is 0. The van der Waals surface area contributed by atoms with E-state index in [0.29, 0.717) is 24.7 Å². The van der Waals surface area contributed by atoms with E-state index in [1.807, 2.05) is 48.5 Å². The van der Waals surface area contributed by atoms with Crippen molar-refractivity contribution < 1.29 is 9.21 Å². The number of furan rings is 1. The van der Waals surface area contributed by atoms with Crippen LogP contribution in [0.2, 0.25) is 0 Å². The van der Waals surface area contributed by atoms with Gasteiger partial charge in [0.1, 0.15) is 5.82 Å². The van der Waals surface area contributed by atoms with Gasteiger partial charge >= 0.3 is 0 Å². The minimum Gasteiger partial charge on any atom is -0.459 e. The summed E-state index contributed by atoms with van der Waals surface area (Å²) in [6.45, 7) is 3.02. The van der Waals surface area contributed by atoms with Crippen molar-refractivity contribution in [2.45, 2.75) is 6.92 Å². The molecule has 0 spiro atoms. The number of aromatic nitrogens is 2. The minimum absolute atomic E-state index is 0.236. The molecule has 2 aromatic heterocycles. The number of hydrogen-bond donors (Lipinski definition) is 2. The molecule has 0 unspecified atom stereocenters. The van der Waals surface area contributed by atoms with Gasteiger partial charge in [-0.1, -0.05) is 42.0 Å². The maximum atomic E-state index is 11.9. The number of anilines is 1. The standard InChI is InChI=1S/C22H20N4O2/c1-15-8-10-16(11-9-15)20-25-18-6-3-2-5-17(18)21(26-20)23-12-13-24-22(27)19-7-4-14-28-19/h2-11,14H,12-13H2,1H3,(H,24,27)(H,23,25,26). The molecule has 0 aliphatic carbocycles. The molecule has 2 aromatic carbocycles. The lowest BCUT2D eigenvalue weighted by Crippen LogP contribution is -2.28. The second-order valence-corrected chi connectivity index (χ2v) is 6.44. The number of hydrogen-bond acceptors (Lipinski definition) is 5. The summed E-state index contributed by atoms with van der Waals surface area (Å²) in [5.41, 5.74) is 3.02. The number of para-hydroxylation sites is 1. The molecule has 6 nitrogen and oxygen atoms in total. The molecule has 4 rings (SSSR count). The zero-order valence-electron chi connectivity index (χ0n) is 15.5. The maximum absolute atomic E-state index is 11.9. The van der Waals surface area contributed by atoms with E-state index < -0.39 is 0 Å². The van der Waals surface area contributed by atoms with Gasteiger partial charge in [-0.2, -0.15) is 0 Å².